The van der Waals surface area contributed by atoms with E-state index in [1.54, 1.807) is 24.3 Å². The van der Waals surface area contributed by atoms with Crippen molar-refractivity contribution in [1.82, 2.24) is 0 Å². The highest BCUT2D eigenvalue weighted by atomic mass is 16.5. The Hall–Kier alpha value is -1.51. The molecule has 0 aliphatic carbocycles. The predicted molar refractivity (Wildman–Crippen MR) is 57.7 cm³/mol. The van der Waals surface area contributed by atoms with Crippen molar-refractivity contribution < 1.29 is 14.3 Å². The van der Waals surface area contributed by atoms with Crippen molar-refractivity contribution in [1.29, 1.82) is 0 Å². The van der Waals surface area contributed by atoms with Crippen LogP contribution < -0.4 is 9.47 Å². The van der Waals surface area contributed by atoms with Crippen molar-refractivity contribution in [3.63, 3.8) is 0 Å². The Morgan fingerprint density at radius 1 is 1.20 bits per heavy atom. The van der Waals surface area contributed by atoms with Crippen LogP contribution in [-0.2, 0) is 4.79 Å². The Kier molecular flexibility index (Phi) is 4.68. The number of rotatable bonds is 6. The average Bonchev–Trinajstić information content (AvgIpc) is 2.20. The molecule has 0 saturated carbocycles. The SMILES string of the molecule is CC(C)CCOc1ccc(O[C]=O)cc1. The highest BCUT2D eigenvalue weighted by Gasteiger charge is 1.97. The maximum atomic E-state index is 9.93. The Balaban J connectivity index is 2.39. The molecule has 81 valence electrons. The van der Waals surface area contributed by atoms with Crippen LogP contribution in [0, 0.1) is 5.92 Å². The second kappa shape index (κ2) is 6.06. The zero-order valence-corrected chi connectivity index (χ0v) is 9.03. The Bertz CT molecular complexity index is 290. The van der Waals surface area contributed by atoms with Crippen LogP contribution in [0.25, 0.3) is 0 Å². The molecule has 0 atom stereocenters. The predicted octanol–water partition coefficient (Wildman–Crippen LogP) is 2.56. The summed E-state index contributed by atoms with van der Waals surface area (Å²) >= 11 is 0. The van der Waals surface area contributed by atoms with Crippen molar-refractivity contribution >= 4 is 6.47 Å². The summed E-state index contributed by atoms with van der Waals surface area (Å²) in [7, 11) is 0. The topological polar surface area (TPSA) is 35.5 Å². The standard InChI is InChI=1S/C12H15O3/c1-10(2)7-8-14-11-3-5-12(6-4-11)15-9-13/h3-6,10H,7-8H2,1-2H3. The van der Waals surface area contributed by atoms with E-state index in [1.165, 1.54) is 6.47 Å². The lowest BCUT2D eigenvalue weighted by molar-refractivity contribution is 0.289. The molecular weight excluding hydrogens is 192 g/mol. The molecule has 15 heavy (non-hydrogen) atoms. The summed E-state index contributed by atoms with van der Waals surface area (Å²) in [6, 6.07) is 6.89. The summed E-state index contributed by atoms with van der Waals surface area (Å²) in [6.45, 7) is 6.38. The first kappa shape index (κ1) is 11.6. The molecule has 1 aromatic rings. The Morgan fingerprint density at radius 2 is 1.80 bits per heavy atom. The molecule has 0 fully saturated rings. The number of benzene rings is 1. The fraction of sp³-hybridized carbons (Fsp3) is 0.417. The molecule has 0 bridgehead atoms. The first-order valence-electron chi connectivity index (χ1n) is 4.99. The van der Waals surface area contributed by atoms with Crippen molar-refractivity contribution in [2.24, 2.45) is 5.92 Å². The molecule has 1 radical (unpaired) electrons. The second-order valence-corrected chi connectivity index (χ2v) is 3.69. The molecule has 0 aliphatic heterocycles. The third-order valence-electron chi connectivity index (χ3n) is 1.95. The van der Waals surface area contributed by atoms with Gasteiger partial charge in [-0.25, -0.2) is 4.79 Å². The van der Waals surface area contributed by atoms with E-state index in [-0.39, 0.29) is 0 Å². The normalized spacial score (nSPS) is 10.1. The smallest absolute Gasteiger partial charge is 0.423 e. The van der Waals surface area contributed by atoms with Gasteiger partial charge in [0, 0.05) is 0 Å². The van der Waals surface area contributed by atoms with Gasteiger partial charge in [0.1, 0.15) is 11.5 Å². The minimum Gasteiger partial charge on any atom is -0.494 e. The van der Waals surface area contributed by atoms with E-state index in [2.05, 4.69) is 18.6 Å². The summed E-state index contributed by atoms with van der Waals surface area (Å²) < 4.78 is 10.0. The lowest BCUT2D eigenvalue weighted by Gasteiger charge is -2.07. The molecular formula is C12H15O3. The van der Waals surface area contributed by atoms with E-state index in [9.17, 15) is 4.79 Å². The number of carbonyl (C=O) groups excluding carboxylic acids is 1. The first-order chi connectivity index (χ1) is 7.22. The third-order valence-corrected chi connectivity index (χ3v) is 1.95. The van der Waals surface area contributed by atoms with Gasteiger partial charge in [0.15, 0.2) is 0 Å². The van der Waals surface area contributed by atoms with E-state index in [0.29, 0.717) is 18.3 Å². The van der Waals surface area contributed by atoms with Crippen LogP contribution >= 0.6 is 0 Å². The Morgan fingerprint density at radius 3 is 2.33 bits per heavy atom. The molecule has 3 heteroatoms. The monoisotopic (exact) mass is 207 g/mol. The molecule has 0 heterocycles. The van der Waals surface area contributed by atoms with E-state index >= 15 is 0 Å². The second-order valence-electron chi connectivity index (χ2n) is 3.69. The van der Waals surface area contributed by atoms with Gasteiger partial charge in [0.25, 0.3) is 0 Å². The largest absolute Gasteiger partial charge is 0.494 e. The van der Waals surface area contributed by atoms with Gasteiger partial charge < -0.3 is 9.47 Å². The molecule has 0 spiro atoms. The molecule has 0 saturated heterocycles. The quantitative estimate of drug-likeness (QED) is 0.719. The van der Waals surface area contributed by atoms with Gasteiger partial charge in [-0.1, -0.05) is 13.8 Å². The highest BCUT2D eigenvalue weighted by molar-refractivity contribution is 5.46. The summed E-state index contributed by atoms with van der Waals surface area (Å²) in [5.41, 5.74) is 0. The maximum Gasteiger partial charge on any atom is 0.423 e. The van der Waals surface area contributed by atoms with Gasteiger partial charge in [-0.05, 0) is 36.6 Å². The molecule has 3 nitrogen and oxygen atoms in total. The molecule has 0 aromatic heterocycles. The minimum absolute atomic E-state index is 0.473. The maximum absolute atomic E-state index is 9.93. The molecule has 1 rings (SSSR count). The van der Waals surface area contributed by atoms with Gasteiger partial charge in [-0.15, -0.1) is 0 Å². The van der Waals surface area contributed by atoms with Crippen LogP contribution in [-0.4, -0.2) is 13.1 Å². The van der Waals surface area contributed by atoms with Crippen molar-refractivity contribution in [2.75, 3.05) is 6.61 Å². The van der Waals surface area contributed by atoms with Crippen LogP contribution in [0.2, 0.25) is 0 Å². The molecule has 1 aromatic carbocycles. The lowest BCUT2D eigenvalue weighted by atomic mass is 10.1. The van der Waals surface area contributed by atoms with Gasteiger partial charge in [-0.2, -0.15) is 0 Å². The van der Waals surface area contributed by atoms with E-state index < -0.39 is 0 Å². The Labute approximate surface area is 90.0 Å². The minimum atomic E-state index is 0.473. The van der Waals surface area contributed by atoms with E-state index in [4.69, 9.17) is 4.74 Å². The van der Waals surface area contributed by atoms with Crippen molar-refractivity contribution in [3.8, 4) is 11.5 Å². The number of hydrogen-bond donors (Lipinski definition) is 0. The van der Waals surface area contributed by atoms with Crippen LogP contribution in [0.3, 0.4) is 0 Å². The fourth-order valence-electron chi connectivity index (χ4n) is 1.06. The first-order valence-corrected chi connectivity index (χ1v) is 4.99. The lowest BCUT2D eigenvalue weighted by Crippen LogP contribution is -2.01. The van der Waals surface area contributed by atoms with Crippen LogP contribution in [0.1, 0.15) is 20.3 Å². The van der Waals surface area contributed by atoms with Crippen molar-refractivity contribution in [3.05, 3.63) is 24.3 Å². The zero-order chi connectivity index (χ0) is 11.1. The average molecular weight is 207 g/mol. The summed E-state index contributed by atoms with van der Waals surface area (Å²) in [5, 5.41) is 0. The van der Waals surface area contributed by atoms with E-state index in [1.807, 2.05) is 0 Å². The highest BCUT2D eigenvalue weighted by Crippen LogP contribution is 2.17. The third kappa shape index (κ3) is 4.49. The van der Waals surface area contributed by atoms with Gasteiger partial charge in [0.05, 0.1) is 6.61 Å². The number of ether oxygens (including phenoxy) is 2. The zero-order valence-electron chi connectivity index (χ0n) is 9.03. The van der Waals surface area contributed by atoms with Crippen LogP contribution in [0.15, 0.2) is 24.3 Å². The van der Waals surface area contributed by atoms with E-state index in [0.717, 1.165) is 12.2 Å². The molecule has 0 amide bonds. The van der Waals surface area contributed by atoms with Gasteiger partial charge >= 0.3 is 6.47 Å². The van der Waals surface area contributed by atoms with Crippen molar-refractivity contribution in [2.45, 2.75) is 20.3 Å². The summed E-state index contributed by atoms with van der Waals surface area (Å²) in [6.07, 6.45) is 1.03. The van der Waals surface area contributed by atoms with Gasteiger partial charge in [-0.3, -0.25) is 0 Å². The molecule has 0 aliphatic rings. The summed E-state index contributed by atoms with van der Waals surface area (Å²) in [4.78, 5) is 9.93. The summed E-state index contributed by atoms with van der Waals surface area (Å²) in [5.74, 6) is 1.90. The molecule has 0 unspecified atom stereocenters. The fourth-order valence-corrected chi connectivity index (χ4v) is 1.06. The van der Waals surface area contributed by atoms with Crippen LogP contribution in [0.5, 0.6) is 11.5 Å². The molecule has 0 N–H and O–H groups in total. The van der Waals surface area contributed by atoms with Gasteiger partial charge in [0.2, 0.25) is 0 Å². The van der Waals surface area contributed by atoms with Crippen LogP contribution in [0.4, 0.5) is 0 Å². The number of hydrogen-bond acceptors (Lipinski definition) is 3.